The zero-order valence-electron chi connectivity index (χ0n) is 21.1. The van der Waals surface area contributed by atoms with Crippen LogP contribution in [-0.4, -0.2) is 31.0 Å². The van der Waals surface area contributed by atoms with Crippen molar-refractivity contribution in [3.05, 3.63) is 93.0 Å². The number of aliphatic hydroxyl groups is 1. The number of nitrogens with zero attached hydrogens (tertiary/aromatic N) is 1. The van der Waals surface area contributed by atoms with Crippen LogP contribution in [0, 0.1) is 0 Å². The molecule has 1 heterocycles. The van der Waals surface area contributed by atoms with Gasteiger partial charge in [-0.25, -0.2) is 0 Å². The monoisotopic (exact) mass is 539 g/mol. The van der Waals surface area contributed by atoms with E-state index in [0.29, 0.717) is 17.0 Å². The highest BCUT2D eigenvalue weighted by molar-refractivity contribution is 6.52. The van der Waals surface area contributed by atoms with Gasteiger partial charge in [0.25, 0.3) is 11.7 Å². The van der Waals surface area contributed by atoms with Crippen LogP contribution in [0.3, 0.4) is 0 Å². The summed E-state index contributed by atoms with van der Waals surface area (Å²) in [6.07, 6.45) is 0. The molecule has 6 nitrogen and oxygen atoms in total. The van der Waals surface area contributed by atoms with Gasteiger partial charge < -0.3 is 14.6 Å². The largest absolute Gasteiger partial charge is 0.507 e. The molecule has 0 aliphatic carbocycles. The van der Waals surface area contributed by atoms with Crippen molar-refractivity contribution < 1.29 is 24.2 Å². The second-order valence-electron chi connectivity index (χ2n) is 9.68. The third-order valence-electron chi connectivity index (χ3n) is 6.37. The number of hydrogen-bond acceptors (Lipinski definition) is 5. The number of methoxy groups -OCH3 is 2. The van der Waals surface area contributed by atoms with Crippen molar-refractivity contribution in [1.29, 1.82) is 0 Å². The van der Waals surface area contributed by atoms with Gasteiger partial charge in [0.1, 0.15) is 11.5 Å². The third-order valence-corrected chi connectivity index (χ3v) is 6.93. The third kappa shape index (κ3) is 4.79. The highest BCUT2D eigenvalue weighted by Gasteiger charge is 2.48. The summed E-state index contributed by atoms with van der Waals surface area (Å²) in [5.41, 5.74) is 2.10. The molecule has 8 heteroatoms. The van der Waals surface area contributed by atoms with Crippen molar-refractivity contribution in [3.8, 4) is 11.5 Å². The van der Waals surface area contributed by atoms with Gasteiger partial charge in [0.15, 0.2) is 5.75 Å². The number of ether oxygens (including phenoxy) is 2. The topological polar surface area (TPSA) is 76.1 Å². The quantitative estimate of drug-likeness (QED) is 0.216. The summed E-state index contributed by atoms with van der Waals surface area (Å²) in [5.74, 6) is -1.32. The molecule has 192 valence electrons. The van der Waals surface area contributed by atoms with Crippen LogP contribution in [0.4, 0.5) is 5.69 Å². The number of rotatable bonds is 5. The lowest BCUT2D eigenvalue weighted by molar-refractivity contribution is -0.132. The zero-order valence-corrected chi connectivity index (χ0v) is 22.6. The molecule has 1 amide bonds. The Hall–Kier alpha value is -3.48. The Morgan fingerprint density at radius 2 is 1.51 bits per heavy atom. The second kappa shape index (κ2) is 10.1. The lowest BCUT2D eigenvalue weighted by Gasteiger charge is -2.27. The first-order chi connectivity index (χ1) is 17.5. The van der Waals surface area contributed by atoms with E-state index < -0.39 is 23.5 Å². The molecule has 0 saturated carbocycles. The Bertz CT molecular complexity index is 1380. The molecule has 0 aromatic heterocycles. The number of carbonyl (C=O) groups excluding carboxylic acids is 2. The Balaban J connectivity index is 1.96. The van der Waals surface area contributed by atoms with Crippen LogP contribution >= 0.6 is 23.2 Å². The molecule has 1 fully saturated rings. The van der Waals surface area contributed by atoms with Gasteiger partial charge in [0.2, 0.25) is 0 Å². The molecule has 1 saturated heterocycles. The summed E-state index contributed by atoms with van der Waals surface area (Å²) in [6.45, 7) is 6.27. The smallest absolute Gasteiger partial charge is 0.300 e. The van der Waals surface area contributed by atoms with Crippen LogP contribution in [-0.2, 0) is 15.0 Å². The normalized spacial score (nSPS) is 17.3. The Kier molecular flexibility index (Phi) is 7.27. The van der Waals surface area contributed by atoms with E-state index in [0.717, 1.165) is 5.56 Å². The molecule has 0 bridgehead atoms. The summed E-state index contributed by atoms with van der Waals surface area (Å²) in [7, 11) is 2.93. The number of benzene rings is 3. The number of hydrogen-bond donors (Lipinski definition) is 1. The standard InChI is InChI=1S/C29H27Cl2NO5/c1-29(2,3)17-10-12-18(13-11-17)32-24(19-8-6-7-9-22(19)36-4)23(26(34)28(32)35)25(33)16-14-20(30)27(37-5)21(31)15-16/h6-15,24,33H,1-5H3/b25-23+. The molecule has 37 heavy (non-hydrogen) atoms. The van der Waals surface area contributed by atoms with Crippen LogP contribution in [0.2, 0.25) is 10.0 Å². The molecule has 3 aromatic carbocycles. The minimum Gasteiger partial charge on any atom is -0.507 e. The minimum atomic E-state index is -0.962. The number of anilines is 1. The molecule has 0 spiro atoms. The van der Waals surface area contributed by atoms with Crippen molar-refractivity contribution in [1.82, 2.24) is 0 Å². The second-order valence-corrected chi connectivity index (χ2v) is 10.5. The van der Waals surface area contributed by atoms with Crippen molar-refractivity contribution in [2.45, 2.75) is 32.2 Å². The fourth-order valence-corrected chi connectivity index (χ4v) is 5.10. The van der Waals surface area contributed by atoms with Gasteiger partial charge in [0, 0.05) is 16.8 Å². The SMILES string of the molecule is COc1ccccc1C1/C(=C(\O)c2cc(Cl)c(OC)c(Cl)c2)C(=O)C(=O)N1c1ccc(C(C)(C)C)cc1. The van der Waals surface area contributed by atoms with Gasteiger partial charge in [0.05, 0.1) is 35.9 Å². The lowest BCUT2D eigenvalue weighted by atomic mass is 9.87. The Labute approximate surface area is 226 Å². The minimum absolute atomic E-state index is 0.0956. The molecular weight excluding hydrogens is 513 g/mol. The van der Waals surface area contributed by atoms with Gasteiger partial charge >= 0.3 is 0 Å². The van der Waals surface area contributed by atoms with E-state index in [1.54, 1.807) is 36.4 Å². The van der Waals surface area contributed by atoms with E-state index in [2.05, 4.69) is 20.8 Å². The number of amides is 1. The van der Waals surface area contributed by atoms with Crippen LogP contribution in [0.15, 0.2) is 66.2 Å². The number of carbonyl (C=O) groups is 2. The van der Waals surface area contributed by atoms with Crippen LogP contribution in [0.5, 0.6) is 11.5 Å². The van der Waals surface area contributed by atoms with Crippen LogP contribution < -0.4 is 14.4 Å². The summed E-state index contributed by atoms with van der Waals surface area (Å²) >= 11 is 12.6. The van der Waals surface area contributed by atoms with E-state index in [9.17, 15) is 14.7 Å². The van der Waals surface area contributed by atoms with E-state index >= 15 is 0 Å². The predicted octanol–water partition coefficient (Wildman–Crippen LogP) is 6.93. The number of para-hydroxylation sites is 1. The number of ketones is 1. The number of aliphatic hydroxyl groups excluding tert-OH is 1. The fourth-order valence-electron chi connectivity index (χ4n) is 4.45. The van der Waals surface area contributed by atoms with Gasteiger partial charge in [-0.2, -0.15) is 0 Å². The molecule has 1 atom stereocenters. The molecule has 1 N–H and O–H groups in total. The first-order valence-corrected chi connectivity index (χ1v) is 12.3. The van der Waals surface area contributed by atoms with Crippen molar-refractivity contribution in [3.63, 3.8) is 0 Å². The molecule has 0 radical (unpaired) electrons. The molecule has 1 aliphatic rings. The van der Waals surface area contributed by atoms with Crippen molar-refractivity contribution in [2.75, 3.05) is 19.1 Å². The molecule has 3 aromatic rings. The first kappa shape index (κ1) is 26.6. The van der Waals surface area contributed by atoms with Gasteiger partial charge in [-0.3, -0.25) is 14.5 Å². The van der Waals surface area contributed by atoms with Gasteiger partial charge in [-0.05, 0) is 41.3 Å². The van der Waals surface area contributed by atoms with Crippen molar-refractivity contribution >= 4 is 46.3 Å². The first-order valence-electron chi connectivity index (χ1n) is 11.6. The fraction of sp³-hybridized carbons (Fsp3) is 0.241. The average molecular weight is 540 g/mol. The highest BCUT2D eigenvalue weighted by Crippen LogP contribution is 2.46. The predicted molar refractivity (Wildman–Crippen MR) is 146 cm³/mol. The highest BCUT2D eigenvalue weighted by atomic mass is 35.5. The van der Waals surface area contributed by atoms with E-state index in [1.165, 1.54) is 31.3 Å². The summed E-state index contributed by atoms with van der Waals surface area (Å²) in [5, 5.41) is 11.7. The maximum atomic E-state index is 13.5. The van der Waals surface area contributed by atoms with E-state index in [-0.39, 0.29) is 32.3 Å². The Morgan fingerprint density at radius 1 is 0.919 bits per heavy atom. The maximum Gasteiger partial charge on any atom is 0.300 e. The Morgan fingerprint density at radius 3 is 2.05 bits per heavy atom. The summed E-state index contributed by atoms with van der Waals surface area (Å²) in [4.78, 5) is 28.3. The number of halogens is 2. The van der Waals surface area contributed by atoms with Gasteiger partial charge in [-0.15, -0.1) is 0 Å². The molecule has 1 unspecified atom stereocenters. The number of Topliss-reactive ketones (excluding diaryl/α,β-unsaturated/α-hetero) is 1. The van der Waals surface area contributed by atoms with Gasteiger partial charge in [-0.1, -0.05) is 74.3 Å². The van der Waals surface area contributed by atoms with Crippen LogP contribution in [0.25, 0.3) is 5.76 Å². The lowest BCUT2D eigenvalue weighted by Crippen LogP contribution is -2.29. The average Bonchev–Trinajstić information content (AvgIpc) is 3.13. The summed E-state index contributed by atoms with van der Waals surface area (Å²) in [6, 6.07) is 16.4. The van der Waals surface area contributed by atoms with E-state index in [4.69, 9.17) is 32.7 Å². The molecule has 1 aliphatic heterocycles. The summed E-state index contributed by atoms with van der Waals surface area (Å²) < 4.78 is 10.8. The zero-order chi connectivity index (χ0) is 27.1. The maximum absolute atomic E-state index is 13.5. The van der Waals surface area contributed by atoms with Crippen LogP contribution in [0.1, 0.15) is 43.5 Å². The van der Waals surface area contributed by atoms with E-state index in [1.807, 2.05) is 12.1 Å². The molecule has 4 rings (SSSR count). The van der Waals surface area contributed by atoms with Crippen molar-refractivity contribution in [2.24, 2.45) is 0 Å². The molecular formula is C29H27Cl2NO5.